The van der Waals surface area contributed by atoms with Crippen LogP contribution in [0, 0.1) is 18.6 Å². The molecule has 1 aliphatic heterocycles. The van der Waals surface area contributed by atoms with E-state index in [-0.39, 0.29) is 17.5 Å². The normalized spacial score (nSPS) is 13.3. The van der Waals surface area contributed by atoms with Crippen molar-refractivity contribution in [1.82, 2.24) is 15.0 Å². The first-order valence-corrected chi connectivity index (χ1v) is 10.6. The van der Waals surface area contributed by atoms with Gasteiger partial charge in [0.15, 0.2) is 5.76 Å². The van der Waals surface area contributed by atoms with E-state index in [0.29, 0.717) is 46.5 Å². The molecule has 31 heavy (non-hydrogen) atoms. The van der Waals surface area contributed by atoms with Crippen molar-refractivity contribution in [2.45, 2.75) is 19.9 Å². The van der Waals surface area contributed by atoms with Gasteiger partial charge >= 0.3 is 0 Å². The van der Waals surface area contributed by atoms with Gasteiger partial charge in [0.25, 0.3) is 5.91 Å². The summed E-state index contributed by atoms with van der Waals surface area (Å²) in [6.45, 7) is 2.65. The largest absolute Gasteiger partial charge is 0.356 e. The van der Waals surface area contributed by atoms with Crippen LogP contribution in [0.3, 0.4) is 0 Å². The van der Waals surface area contributed by atoms with E-state index in [2.05, 4.69) is 10.1 Å². The number of aryl methyl sites for hydroxylation is 1. The van der Waals surface area contributed by atoms with Crippen LogP contribution in [0.4, 0.5) is 8.78 Å². The molecule has 1 amide bonds. The third kappa shape index (κ3) is 3.63. The van der Waals surface area contributed by atoms with Crippen LogP contribution >= 0.6 is 11.3 Å². The standard InChI is InChI=1S/C23H17F2N3O2S/c1-13-21(31-22(26-13)15-4-8-17(25)9-5-15)23(29)28-11-10-18-19(12-28)27-30-20(18)14-2-6-16(24)7-3-14/h2-9H,10-12H2,1H3. The average molecular weight is 437 g/mol. The Hall–Kier alpha value is -3.39. The van der Waals surface area contributed by atoms with Crippen molar-refractivity contribution in [1.29, 1.82) is 0 Å². The number of hydrogen-bond acceptors (Lipinski definition) is 5. The molecule has 0 spiro atoms. The molecule has 0 saturated carbocycles. The SMILES string of the molecule is Cc1nc(-c2ccc(F)cc2)sc1C(=O)N1CCc2c(noc2-c2ccc(F)cc2)C1. The molecule has 5 nitrogen and oxygen atoms in total. The number of thiazole rings is 1. The first-order chi connectivity index (χ1) is 15.0. The monoisotopic (exact) mass is 437 g/mol. The second kappa shape index (κ2) is 7.70. The van der Waals surface area contributed by atoms with Gasteiger partial charge in [-0.2, -0.15) is 0 Å². The Balaban J connectivity index is 1.38. The lowest BCUT2D eigenvalue weighted by Crippen LogP contribution is -2.35. The topological polar surface area (TPSA) is 59.2 Å². The molecule has 0 fully saturated rings. The molecular formula is C23H17F2N3O2S. The highest BCUT2D eigenvalue weighted by atomic mass is 32.1. The van der Waals surface area contributed by atoms with Crippen molar-refractivity contribution in [3.63, 3.8) is 0 Å². The zero-order valence-electron chi connectivity index (χ0n) is 16.6. The molecule has 0 saturated heterocycles. The second-order valence-corrected chi connectivity index (χ2v) is 8.36. The Morgan fingerprint density at radius 1 is 1.03 bits per heavy atom. The Morgan fingerprint density at radius 2 is 1.68 bits per heavy atom. The molecule has 0 aliphatic carbocycles. The minimum atomic E-state index is -0.315. The van der Waals surface area contributed by atoms with E-state index in [0.717, 1.165) is 16.7 Å². The molecule has 0 atom stereocenters. The molecule has 0 N–H and O–H groups in total. The number of hydrogen-bond donors (Lipinski definition) is 0. The highest BCUT2D eigenvalue weighted by molar-refractivity contribution is 7.17. The molecule has 1 aliphatic rings. The van der Waals surface area contributed by atoms with Gasteiger partial charge in [-0.3, -0.25) is 4.79 Å². The van der Waals surface area contributed by atoms with Crippen molar-refractivity contribution >= 4 is 17.2 Å². The third-order valence-corrected chi connectivity index (χ3v) is 6.51. The van der Waals surface area contributed by atoms with Gasteiger partial charge in [-0.25, -0.2) is 13.8 Å². The molecule has 8 heteroatoms. The summed E-state index contributed by atoms with van der Waals surface area (Å²) in [6, 6.07) is 12.1. The number of carbonyl (C=O) groups is 1. The Bertz CT molecular complexity index is 1260. The summed E-state index contributed by atoms with van der Waals surface area (Å²) in [7, 11) is 0. The Morgan fingerprint density at radius 3 is 2.35 bits per heavy atom. The predicted octanol–water partition coefficient (Wildman–Crippen LogP) is 5.25. The molecule has 0 unspecified atom stereocenters. The smallest absolute Gasteiger partial charge is 0.266 e. The molecular weight excluding hydrogens is 420 g/mol. The average Bonchev–Trinajstić information content (AvgIpc) is 3.37. The van der Waals surface area contributed by atoms with E-state index in [4.69, 9.17) is 4.52 Å². The minimum Gasteiger partial charge on any atom is -0.356 e. The highest BCUT2D eigenvalue weighted by Crippen LogP contribution is 2.33. The van der Waals surface area contributed by atoms with Crippen LogP contribution in [-0.4, -0.2) is 27.5 Å². The van der Waals surface area contributed by atoms with Gasteiger partial charge in [0, 0.05) is 23.2 Å². The predicted molar refractivity (Wildman–Crippen MR) is 113 cm³/mol. The number of aromatic nitrogens is 2. The summed E-state index contributed by atoms with van der Waals surface area (Å²) < 4.78 is 31.9. The number of rotatable bonds is 3. The molecule has 2 aromatic carbocycles. The van der Waals surface area contributed by atoms with E-state index in [1.165, 1.54) is 35.6 Å². The number of benzene rings is 2. The summed E-state index contributed by atoms with van der Waals surface area (Å²) in [6.07, 6.45) is 0.597. The minimum absolute atomic E-state index is 0.111. The van der Waals surface area contributed by atoms with E-state index >= 15 is 0 Å². The van der Waals surface area contributed by atoms with Crippen LogP contribution < -0.4 is 0 Å². The molecule has 5 rings (SSSR count). The van der Waals surface area contributed by atoms with Crippen molar-refractivity contribution < 1.29 is 18.1 Å². The van der Waals surface area contributed by atoms with Crippen LogP contribution in [0.5, 0.6) is 0 Å². The van der Waals surface area contributed by atoms with Crippen molar-refractivity contribution in [2.24, 2.45) is 0 Å². The van der Waals surface area contributed by atoms with Crippen molar-refractivity contribution in [2.75, 3.05) is 6.54 Å². The fourth-order valence-electron chi connectivity index (χ4n) is 3.69. The number of carbonyl (C=O) groups excluding carboxylic acids is 1. The maximum atomic E-state index is 13.2. The highest BCUT2D eigenvalue weighted by Gasteiger charge is 2.29. The first-order valence-electron chi connectivity index (χ1n) is 9.75. The van der Waals surface area contributed by atoms with Crippen molar-refractivity contribution in [3.05, 3.63) is 82.0 Å². The quantitative estimate of drug-likeness (QED) is 0.439. The second-order valence-electron chi connectivity index (χ2n) is 7.36. The molecule has 3 heterocycles. The van der Waals surface area contributed by atoms with Crippen LogP contribution in [0.1, 0.15) is 26.6 Å². The lowest BCUT2D eigenvalue weighted by Gasteiger charge is -2.25. The van der Waals surface area contributed by atoms with Gasteiger partial charge in [0.05, 0.1) is 12.2 Å². The molecule has 0 radical (unpaired) electrons. The lowest BCUT2D eigenvalue weighted by atomic mass is 10.0. The van der Waals surface area contributed by atoms with Crippen LogP contribution in [0.2, 0.25) is 0 Å². The maximum absolute atomic E-state index is 13.2. The van der Waals surface area contributed by atoms with Crippen LogP contribution in [0.25, 0.3) is 21.9 Å². The summed E-state index contributed by atoms with van der Waals surface area (Å²) >= 11 is 1.30. The Labute approximate surface area is 180 Å². The first kappa shape index (κ1) is 19.6. The number of halogens is 2. The van der Waals surface area contributed by atoms with Gasteiger partial charge in [-0.15, -0.1) is 11.3 Å². The summed E-state index contributed by atoms with van der Waals surface area (Å²) in [5.41, 5.74) is 3.84. The van der Waals surface area contributed by atoms with Gasteiger partial charge in [0.1, 0.15) is 27.2 Å². The lowest BCUT2D eigenvalue weighted by molar-refractivity contribution is 0.0735. The van der Waals surface area contributed by atoms with Gasteiger partial charge in [0.2, 0.25) is 0 Å². The zero-order valence-corrected chi connectivity index (χ0v) is 17.4. The van der Waals surface area contributed by atoms with Crippen LogP contribution in [-0.2, 0) is 13.0 Å². The number of amides is 1. The summed E-state index contributed by atoms with van der Waals surface area (Å²) in [4.78, 5) is 20.0. The molecule has 4 aromatic rings. The maximum Gasteiger partial charge on any atom is 0.266 e. The van der Waals surface area contributed by atoms with E-state index in [1.54, 1.807) is 36.1 Å². The third-order valence-electron chi connectivity index (χ3n) is 5.32. The van der Waals surface area contributed by atoms with E-state index in [9.17, 15) is 13.6 Å². The van der Waals surface area contributed by atoms with Gasteiger partial charge in [-0.1, -0.05) is 5.16 Å². The molecule has 156 valence electrons. The molecule has 0 bridgehead atoms. The number of fused-ring (bicyclic) bond motifs is 1. The zero-order chi connectivity index (χ0) is 21.5. The molecule has 2 aromatic heterocycles. The summed E-state index contributed by atoms with van der Waals surface area (Å²) in [5.74, 6) is -0.117. The van der Waals surface area contributed by atoms with E-state index < -0.39 is 0 Å². The Kier molecular flexibility index (Phi) is 4.86. The number of nitrogens with zero attached hydrogens (tertiary/aromatic N) is 3. The van der Waals surface area contributed by atoms with Gasteiger partial charge < -0.3 is 9.42 Å². The van der Waals surface area contributed by atoms with Gasteiger partial charge in [-0.05, 0) is 61.9 Å². The van der Waals surface area contributed by atoms with E-state index in [1.807, 2.05) is 0 Å². The summed E-state index contributed by atoms with van der Waals surface area (Å²) in [5, 5.41) is 4.83. The van der Waals surface area contributed by atoms with Crippen molar-refractivity contribution in [3.8, 4) is 21.9 Å². The fourth-order valence-corrected chi connectivity index (χ4v) is 4.73. The van der Waals surface area contributed by atoms with Crippen LogP contribution in [0.15, 0.2) is 53.1 Å². The fraction of sp³-hybridized carbons (Fsp3) is 0.174.